The van der Waals surface area contributed by atoms with E-state index < -0.39 is 12.2 Å². The number of aryl methyl sites for hydroxylation is 2. The summed E-state index contributed by atoms with van der Waals surface area (Å²) in [5.74, 6) is 0. The third-order valence-corrected chi connectivity index (χ3v) is 4.47. The highest BCUT2D eigenvalue weighted by atomic mass is 16.6. The van der Waals surface area contributed by atoms with Crippen molar-refractivity contribution in [3.05, 3.63) is 46.5 Å². The Kier molecular flexibility index (Phi) is 2.14. The Labute approximate surface area is 111 Å². The second-order valence-electron chi connectivity index (χ2n) is 5.65. The lowest BCUT2D eigenvalue weighted by Gasteiger charge is -2.25. The number of ether oxygens (including phenoxy) is 1. The molecule has 0 saturated carbocycles. The average Bonchev–Trinajstić information content (AvgIpc) is 3.19. The maximum absolute atomic E-state index is 10.2. The van der Waals surface area contributed by atoms with Gasteiger partial charge in [0.2, 0.25) is 0 Å². The van der Waals surface area contributed by atoms with Crippen molar-refractivity contribution < 1.29 is 14.9 Å². The number of rotatable bonds is 0. The fourth-order valence-corrected chi connectivity index (χ4v) is 3.36. The van der Waals surface area contributed by atoms with Crippen LogP contribution in [0.4, 0.5) is 0 Å². The molecule has 0 radical (unpaired) electrons. The van der Waals surface area contributed by atoms with Gasteiger partial charge in [0.25, 0.3) is 0 Å². The molecule has 1 heterocycles. The maximum Gasteiger partial charge on any atom is 0.118 e. The van der Waals surface area contributed by atoms with Crippen LogP contribution in [0.1, 0.15) is 34.5 Å². The van der Waals surface area contributed by atoms with Crippen molar-refractivity contribution in [2.24, 2.45) is 0 Å². The summed E-state index contributed by atoms with van der Waals surface area (Å²) in [6, 6.07) is 8.18. The van der Waals surface area contributed by atoms with Crippen LogP contribution in [0.15, 0.2) is 24.3 Å². The van der Waals surface area contributed by atoms with Gasteiger partial charge < -0.3 is 14.9 Å². The van der Waals surface area contributed by atoms with E-state index in [1.807, 2.05) is 12.1 Å². The topological polar surface area (TPSA) is 53.0 Å². The second kappa shape index (κ2) is 3.57. The van der Waals surface area contributed by atoms with Crippen LogP contribution in [0.5, 0.6) is 0 Å². The van der Waals surface area contributed by atoms with Gasteiger partial charge in [-0.3, -0.25) is 0 Å². The Morgan fingerprint density at radius 1 is 1.00 bits per heavy atom. The molecule has 1 aliphatic heterocycles. The summed E-state index contributed by atoms with van der Waals surface area (Å²) >= 11 is 0. The summed E-state index contributed by atoms with van der Waals surface area (Å²) in [4.78, 5) is 0. The molecule has 0 unspecified atom stereocenters. The Hall–Kier alpha value is -1.42. The number of benzene rings is 2. The molecule has 2 N–H and O–H groups in total. The van der Waals surface area contributed by atoms with Gasteiger partial charge in [-0.15, -0.1) is 0 Å². The molecular weight excluding hydrogens is 240 g/mol. The number of hydrogen-bond donors (Lipinski definition) is 2. The molecule has 1 saturated heterocycles. The van der Waals surface area contributed by atoms with Crippen LogP contribution in [-0.2, 0) is 4.74 Å². The van der Waals surface area contributed by atoms with Crippen molar-refractivity contribution in [2.75, 3.05) is 0 Å². The zero-order valence-electron chi connectivity index (χ0n) is 10.9. The minimum absolute atomic E-state index is 0.0578. The van der Waals surface area contributed by atoms with Gasteiger partial charge in [-0.1, -0.05) is 24.3 Å². The maximum atomic E-state index is 10.2. The lowest BCUT2D eigenvalue weighted by atomic mass is 9.82. The third-order valence-electron chi connectivity index (χ3n) is 4.47. The SMILES string of the molecule is Cc1ccc(C)c2c3c(ccc12)[C@@H](O)[C@H](O)[C@H]1O[C@@H]31. The van der Waals surface area contributed by atoms with Gasteiger partial charge in [-0.25, -0.2) is 0 Å². The molecule has 3 heteroatoms. The molecular formula is C16H16O3. The first-order valence-corrected chi connectivity index (χ1v) is 6.64. The molecule has 2 aliphatic rings. The number of fused-ring (bicyclic) bond motifs is 5. The van der Waals surface area contributed by atoms with E-state index in [0.29, 0.717) is 0 Å². The molecule has 98 valence electrons. The lowest BCUT2D eigenvalue weighted by Crippen LogP contribution is -2.29. The van der Waals surface area contributed by atoms with Crippen LogP contribution in [0.25, 0.3) is 10.8 Å². The summed E-state index contributed by atoms with van der Waals surface area (Å²) < 4.78 is 5.58. The highest BCUT2D eigenvalue weighted by Gasteiger charge is 2.54. The molecule has 4 rings (SSSR count). The van der Waals surface area contributed by atoms with Crippen molar-refractivity contribution in [1.29, 1.82) is 0 Å². The van der Waals surface area contributed by atoms with Gasteiger partial charge in [0, 0.05) is 0 Å². The van der Waals surface area contributed by atoms with Crippen molar-refractivity contribution >= 4 is 10.8 Å². The number of aliphatic hydroxyl groups excluding tert-OH is 2. The number of aliphatic hydroxyl groups is 2. The molecule has 4 atom stereocenters. The van der Waals surface area contributed by atoms with Gasteiger partial charge in [0.05, 0.1) is 0 Å². The average molecular weight is 256 g/mol. The van der Waals surface area contributed by atoms with E-state index in [2.05, 4.69) is 26.0 Å². The summed E-state index contributed by atoms with van der Waals surface area (Å²) in [6.45, 7) is 4.17. The molecule has 0 spiro atoms. The third kappa shape index (κ3) is 1.38. The standard InChI is InChI=1S/C16H16O3/c1-7-3-4-8(2)11-9(7)5-6-10-12(11)15-16(19-15)14(18)13(10)17/h3-6,13-18H,1-2H3/t13-,14+,15+,16-/m1/s1. The summed E-state index contributed by atoms with van der Waals surface area (Å²) in [5.41, 5.74) is 4.30. The van der Waals surface area contributed by atoms with E-state index in [4.69, 9.17) is 4.74 Å². The summed E-state index contributed by atoms with van der Waals surface area (Å²) in [5, 5.41) is 22.6. The first kappa shape index (κ1) is 11.4. The Bertz CT molecular complexity index is 692. The van der Waals surface area contributed by atoms with Gasteiger partial charge in [0.1, 0.15) is 24.4 Å². The molecule has 2 aromatic rings. The number of epoxide rings is 1. The first-order chi connectivity index (χ1) is 9.09. The minimum Gasteiger partial charge on any atom is -0.387 e. The molecule has 0 amide bonds. The summed E-state index contributed by atoms with van der Waals surface area (Å²) in [6.07, 6.45) is -1.95. The van der Waals surface area contributed by atoms with E-state index in [0.717, 1.165) is 11.1 Å². The van der Waals surface area contributed by atoms with Crippen LogP contribution in [-0.4, -0.2) is 22.4 Å². The van der Waals surface area contributed by atoms with Crippen LogP contribution in [0.3, 0.4) is 0 Å². The van der Waals surface area contributed by atoms with Crippen molar-refractivity contribution in [2.45, 2.75) is 38.3 Å². The van der Waals surface area contributed by atoms with Crippen LogP contribution >= 0.6 is 0 Å². The molecule has 2 aromatic carbocycles. The lowest BCUT2D eigenvalue weighted by molar-refractivity contribution is 0.000103. The molecule has 1 fully saturated rings. The van der Waals surface area contributed by atoms with Crippen molar-refractivity contribution in [3.63, 3.8) is 0 Å². The van der Waals surface area contributed by atoms with Crippen molar-refractivity contribution in [3.8, 4) is 0 Å². The normalized spacial score (nSPS) is 32.0. The Balaban J connectivity index is 2.10. The molecule has 0 aromatic heterocycles. The predicted octanol–water partition coefficient (Wildman–Crippen LogP) is 2.30. The molecule has 0 bridgehead atoms. The number of hydrogen-bond acceptors (Lipinski definition) is 3. The quantitative estimate of drug-likeness (QED) is 0.711. The van der Waals surface area contributed by atoms with E-state index in [-0.39, 0.29) is 12.2 Å². The monoisotopic (exact) mass is 256 g/mol. The smallest absolute Gasteiger partial charge is 0.118 e. The fourth-order valence-electron chi connectivity index (χ4n) is 3.36. The van der Waals surface area contributed by atoms with Crippen LogP contribution in [0.2, 0.25) is 0 Å². The Morgan fingerprint density at radius 2 is 1.74 bits per heavy atom. The Morgan fingerprint density at radius 3 is 2.53 bits per heavy atom. The minimum atomic E-state index is -0.844. The fraction of sp³-hybridized carbons (Fsp3) is 0.375. The summed E-state index contributed by atoms with van der Waals surface area (Å²) in [7, 11) is 0. The molecule has 1 aliphatic carbocycles. The van der Waals surface area contributed by atoms with E-state index in [9.17, 15) is 10.2 Å². The van der Waals surface area contributed by atoms with Gasteiger partial charge in [-0.2, -0.15) is 0 Å². The second-order valence-corrected chi connectivity index (χ2v) is 5.65. The highest BCUT2D eigenvalue weighted by Crippen LogP contribution is 2.53. The highest BCUT2D eigenvalue weighted by molar-refractivity contribution is 5.93. The largest absolute Gasteiger partial charge is 0.387 e. The van der Waals surface area contributed by atoms with E-state index in [1.54, 1.807) is 0 Å². The van der Waals surface area contributed by atoms with E-state index in [1.165, 1.54) is 21.9 Å². The predicted molar refractivity (Wildman–Crippen MR) is 72.0 cm³/mol. The zero-order chi connectivity index (χ0) is 13.3. The van der Waals surface area contributed by atoms with Crippen molar-refractivity contribution in [1.82, 2.24) is 0 Å². The van der Waals surface area contributed by atoms with E-state index >= 15 is 0 Å². The van der Waals surface area contributed by atoms with Gasteiger partial charge in [-0.05, 0) is 46.9 Å². The van der Waals surface area contributed by atoms with Crippen LogP contribution < -0.4 is 0 Å². The van der Waals surface area contributed by atoms with Gasteiger partial charge >= 0.3 is 0 Å². The molecule has 19 heavy (non-hydrogen) atoms. The van der Waals surface area contributed by atoms with Gasteiger partial charge in [0.15, 0.2) is 0 Å². The zero-order valence-corrected chi connectivity index (χ0v) is 10.9. The first-order valence-electron chi connectivity index (χ1n) is 6.64. The van der Waals surface area contributed by atoms with Crippen LogP contribution in [0, 0.1) is 13.8 Å². The molecule has 3 nitrogen and oxygen atoms in total.